The Morgan fingerprint density at radius 1 is 1.15 bits per heavy atom. The second-order valence-electron chi connectivity index (χ2n) is 5.61. The molecular weight excluding hydrogens is 254 g/mol. The van der Waals surface area contributed by atoms with Crippen molar-refractivity contribution in [2.75, 3.05) is 0 Å². The second kappa shape index (κ2) is 6.07. The van der Waals surface area contributed by atoms with Crippen molar-refractivity contribution in [3.05, 3.63) is 35.4 Å². The van der Waals surface area contributed by atoms with Gasteiger partial charge in [-0.1, -0.05) is 26.0 Å². The summed E-state index contributed by atoms with van der Waals surface area (Å²) in [7, 11) is 0. The number of amides is 1. The van der Waals surface area contributed by atoms with Gasteiger partial charge in [-0.3, -0.25) is 4.79 Å². The minimum absolute atomic E-state index is 0.223. The first-order chi connectivity index (χ1) is 9.47. The standard InChI is InChI=1S/C16H21NO3/c1-10(2)12-4-6-13(7-5-12)16(19)20-11(3)15(18)17-14-8-9-14/h4-7,10-11,14H,8-9H2,1-3H3,(H,17,18)/t11-/m0/s1. The van der Waals surface area contributed by atoms with Crippen LogP contribution in [0.3, 0.4) is 0 Å². The number of hydrogen-bond donors (Lipinski definition) is 1. The molecule has 0 unspecified atom stereocenters. The van der Waals surface area contributed by atoms with Crippen LogP contribution in [0.1, 0.15) is 55.5 Å². The van der Waals surface area contributed by atoms with E-state index in [1.165, 1.54) is 5.56 Å². The number of carbonyl (C=O) groups is 2. The molecule has 2 rings (SSSR count). The molecule has 1 atom stereocenters. The van der Waals surface area contributed by atoms with Crippen molar-refractivity contribution in [2.45, 2.75) is 51.7 Å². The van der Waals surface area contributed by atoms with Gasteiger partial charge in [0, 0.05) is 6.04 Å². The Balaban J connectivity index is 1.91. The monoisotopic (exact) mass is 275 g/mol. The molecule has 0 radical (unpaired) electrons. The van der Waals surface area contributed by atoms with Crippen LogP contribution in [0.15, 0.2) is 24.3 Å². The fourth-order valence-electron chi connectivity index (χ4n) is 1.83. The zero-order chi connectivity index (χ0) is 14.7. The van der Waals surface area contributed by atoms with Crippen molar-refractivity contribution in [2.24, 2.45) is 0 Å². The van der Waals surface area contributed by atoms with Crippen molar-refractivity contribution in [1.29, 1.82) is 0 Å². The van der Waals surface area contributed by atoms with Gasteiger partial charge in [0.15, 0.2) is 6.10 Å². The Kier molecular flexibility index (Phi) is 4.42. The van der Waals surface area contributed by atoms with Gasteiger partial charge >= 0.3 is 5.97 Å². The number of benzene rings is 1. The molecule has 1 aliphatic carbocycles. The van der Waals surface area contributed by atoms with Gasteiger partial charge in [-0.25, -0.2) is 4.79 Å². The Hall–Kier alpha value is -1.84. The van der Waals surface area contributed by atoms with E-state index >= 15 is 0 Å². The molecule has 0 heterocycles. The zero-order valence-electron chi connectivity index (χ0n) is 12.2. The largest absolute Gasteiger partial charge is 0.449 e. The lowest BCUT2D eigenvalue weighted by molar-refractivity contribution is -0.129. The highest BCUT2D eigenvalue weighted by molar-refractivity contribution is 5.92. The van der Waals surface area contributed by atoms with E-state index < -0.39 is 12.1 Å². The van der Waals surface area contributed by atoms with E-state index in [2.05, 4.69) is 19.2 Å². The predicted octanol–water partition coefficient (Wildman–Crippen LogP) is 2.63. The van der Waals surface area contributed by atoms with E-state index in [0.717, 1.165) is 12.8 Å². The normalized spacial score (nSPS) is 15.8. The molecule has 0 spiro atoms. The summed E-state index contributed by atoms with van der Waals surface area (Å²) in [6.45, 7) is 5.79. The summed E-state index contributed by atoms with van der Waals surface area (Å²) in [5.74, 6) is -0.262. The molecule has 0 saturated heterocycles. The molecule has 1 fully saturated rings. The lowest BCUT2D eigenvalue weighted by atomic mass is 10.0. The lowest BCUT2D eigenvalue weighted by Crippen LogP contribution is -2.37. The van der Waals surface area contributed by atoms with Crippen LogP contribution < -0.4 is 5.32 Å². The van der Waals surface area contributed by atoms with Crippen molar-refractivity contribution < 1.29 is 14.3 Å². The lowest BCUT2D eigenvalue weighted by Gasteiger charge is -2.13. The minimum atomic E-state index is -0.757. The summed E-state index contributed by atoms with van der Waals surface area (Å²) >= 11 is 0. The maximum Gasteiger partial charge on any atom is 0.338 e. The van der Waals surface area contributed by atoms with Crippen LogP contribution in [0.5, 0.6) is 0 Å². The van der Waals surface area contributed by atoms with Gasteiger partial charge in [0.1, 0.15) is 0 Å². The minimum Gasteiger partial charge on any atom is -0.449 e. The van der Waals surface area contributed by atoms with Crippen LogP contribution in [0, 0.1) is 0 Å². The summed E-state index contributed by atoms with van der Waals surface area (Å²) in [4.78, 5) is 23.7. The maximum atomic E-state index is 11.9. The molecule has 1 aromatic rings. The smallest absolute Gasteiger partial charge is 0.338 e. The summed E-state index contributed by atoms with van der Waals surface area (Å²) in [5, 5.41) is 2.82. The maximum absolute atomic E-state index is 11.9. The topological polar surface area (TPSA) is 55.4 Å². The highest BCUT2D eigenvalue weighted by Gasteiger charge is 2.27. The molecule has 20 heavy (non-hydrogen) atoms. The average molecular weight is 275 g/mol. The second-order valence-corrected chi connectivity index (χ2v) is 5.61. The molecule has 1 aromatic carbocycles. The van der Waals surface area contributed by atoms with Gasteiger partial charge in [-0.15, -0.1) is 0 Å². The summed E-state index contributed by atoms with van der Waals surface area (Å²) in [5.41, 5.74) is 1.64. The first-order valence-electron chi connectivity index (χ1n) is 7.08. The number of hydrogen-bond acceptors (Lipinski definition) is 3. The predicted molar refractivity (Wildman–Crippen MR) is 76.6 cm³/mol. The van der Waals surface area contributed by atoms with Crippen molar-refractivity contribution in [3.8, 4) is 0 Å². The molecule has 1 saturated carbocycles. The molecule has 0 aliphatic heterocycles. The third-order valence-electron chi connectivity index (χ3n) is 3.39. The fraction of sp³-hybridized carbons (Fsp3) is 0.500. The van der Waals surface area contributed by atoms with Crippen molar-refractivity contribution in [1.82, 2.24) is 5.32 Å². The van der Waals surface area contributed by atoms with Gasteiger partial charge in [-0.05, 0) is 43.4 Å². The first-order valence-corrected chi connectivity index (χ1v) is 7.08. The van der Waals surface area contributed by atoms with Crippen LogP contribution >= 0.6 is 0 Å². The molecule has 0 bridgehead atoms. The van der Waals surface area contributed by atoms with Crippen LogP contribution in [0.2, 0.25) is 0 Å². The molecule has 1 N–H and O–H groups in total. The van der Waals surface area contributed by atoms with Crippen LogP contribution in [-0.4, -0.2) is 24.0 Å². The van der Waals surface area contributed by atoms with Gasteiger partial charge in [-0.2, -0.15) is 0 Å². The molecule has 108 valence electrons. The molecule has 4 heteroatoms. The Labute approximate surface area is 119 Å². The van der Waals surface area contributed by atoms with Gasteiger partial charge in [0.2, 0.25) is 0 Å². The van der Waals surface area contributed by atoms with E-state index in [1.807, 2.05) is 12.1 Å². The highest BCUT2D eigenvalue weighted by atomic mass is 16.5. The zero-order valence-corrected chi connectivity index (χ0v) is 12.2. The Bertz CT molecular complexity index is 489. The number of ether oxygens (including phenoxy) is 1. The third kappa shape index (κ3) is 3.83. The number of esters is 1. The summed E-state index contributed by atoms with van der Waals surface area (Å²) in [6, 6.07) is 7.58. The quantitative estimate of drug-likeness (QED) is 0.840. The SMILES string of the molecule is CC(C)c1ccc(C(=O)O[C@@H](C)C(=O)NC2CC2)cc1. The van der Waals surface area contributed by atoms with E-state index in [-0.39, 0.29) is 11.9 Å². The van der Waals surface area contributed by atoms with Gasteiger partial charge < -0.3 is 10.1 Å². The van der Waals surface area contributed by atoms with Crippen molar-refractivity contribution in [3.63, 3.8) is 0 Å². The molecule has 0 aromatic heterocycles. The van der Waals surface area contributed by atoms with Gasteiger partial charge in [0.25, 0.3) is 5.91 Å². The van der Waals surface area contributed by atoms with Crippen LogP contribution in [0.25, 0.3) is 0 Å². The number of nitrogens with one attached hydrogen (secondary N) is 1. The number of rotatable bonds is 5. The van der Waals surface area contributed by atoms with E-state index in [1.54, 1.807) is 19.1 Å². The van der Waals surface area contributed by atoms with E-state index in [0.29, 0.717) is 11.5 Å². The molecule has 1 amide bonds. The molecule has 4 nitrogen and oxygen atoms in total. The van der Waals surface area contributed by atoms with E-state index in [4.69, 9.17) is 4.74 Å². The Morgan fingerprint density at radius 3 is 2.25 bits per heavy atom. The van der Waals surface area contributed by atoms with E-state index in [9.17, 15) is 9.59 Å². The molecular formula is C16H21NO3. The van der Waals surface area contributed by atoms with Crippen LogP contribution in [0.4, 0.5) is 0 Å². The molecule has 1 aliphatic rings. The number of carbonyl (C=O) groups excluding carboxylic acids is 2. The van der Waals surface area contributed by atoms with Gasteiger partial charge in [0.05, 0.1) is 5.56 Å². The Morgan fingerprint density at radius 2 is 1.75 bits per heavy atom. The third-order valence-corrected chi connectivity index (χ3v) is 3.39. The summed E-state index contributed by atoms with van der Waals surface area (Å²) in [6.07, 6.45) is 1.28. The fourth-order valence-corrected chi connectivity index (χ4v) is 1.83. The highest BCUT2D eigenvalue weighted by Crippen LogP contribution is 2.19. The van der Waals surface area contributed by atoms with Crippen LogP contribution in [-0.2, 0) is 9.53 Å². The average Bonchev–Trinajstić information content (AvgIpc) is 3.22. The summed E-state index contributed by atoms with van der Waals surface area (Å²) < 4.78 is 5.18. The van der Waals surface area contributed by atoms with Crippen molar-refractivity contribution >= 4 is 11.9 Å². The first kappa shape index (κ1) is 14.6.